The molecule has 6 heteroatoms. The molecule has 0 unspecified atom stereocenters. The first-order valence-electron chi connectivity index (χ1n) is 8.01. The monoisotopic (exact) mass is 318 g/mol. The number of likely N-dealkylation sites (tertiary alicyclic amines) is 1. The first kappa shape index (κ1) is 15.8. The second-order valence-electron chi connectivity index (χ2n) is 6.28. The van der Waals surface area contributed by atoms with Gasteiger partial charge in [0, 0.05) is 37.4 Å². The Bertz CT molecular complexity index is 581. The number of anilines is 1. The Labute approximate surface area is 135 Å². The highest BCUT2D eigenvalue weighted by molar-refractivity contribution is 5.95. The molecule has 3 rings (SSSR count). The summed E-state index contributed by atoms with van der Waals surface area (Å²) in [6.07, 6.45) is 0. The Morgan fingerprint density at radius 1 is 1.13 bits per heavy atom. The van der Waals surface area contributed by atoms with Gasteiger partial charge in [-0.05, 0) is 30.2 Å². The van der Waals surface area contributed by atoms with Crippen LogP contribution in [0.15, 0.2) is 24.3 Å². The van der Waals surface area contributed by atoms with Crippen molar-refractivity contribution in [1.29, 1.82) is 0 Å². The number of rotatable bonds is 3. The average molecular weight is 318 g/mol. The maximum Gasteiger partial charge on any atom is 0.308 e. The molecule has 0 aromatic heterocycles. The van der Waals surface area contributed by atoms with Crippen LogP contribution in [0.25, 0.3) is 0 Å². The van der Waals surface area contributed by atoms with Crippen molar-refractivity contribution in [2.24, 2.45) is 11.8 Å². The molecule has 6 nitrogen and oxygen atoms in total. The van der Waals surface area contributed by atoms with Crippen molar-refractivity contribution in [2.75, 3.05) is 44.3 Å². The van der Waals surface area contributed by atoms with Gasteiger partial charge in [-0.2, -0.15) is 0 Å². The van der Waals surface area contributed by atoms with E-state index in [-0.39, 0.29) is 11.8 Å². The van der Waals surface area contributed by atoms with Gasteiger partial charge < -0.3 is 19.6 Å². The number of morpholine rings is 1. The summed E-state index contributed by atoms with van der Waals surface area (Å²) in [6.45, 7) is 5.84. The minimum absolute atomic E-state index is 0.0101. The zero-order chi connectivity index (χ0) is 16.4. The summed E-state index contributed by atoms with van der Waals surface area (Å²) >= 11 is 0. The lowest BCUT2D eigenvalue weighted by Gasteiger charge is -2.29. The molecule has 0 radical (unpaired) electrons. The number of amides is 1. The summed E-state index contributed by atoms with van der Waals surface area (Å²) in [6, 6.07) is 7.55. The minimum Gasteiger partial charge on any atom is -0.481 e. The summed E-state index contributed by atoms with van der Waals surface area (Å²) < 4.78 is 5.34. The Kier molecular flexibility index (Phi) is 4.52. The summed E-state index contributed by atoms with van der Waals surface area (Å²) in [5.74, 6) is -1.39. The van der Waals surface area contributed by atoms with E-state index in [1.807, 2.05) is 31.2 Å². The van der Waals surface area contributed by atoms with E-state index in [0.717, 1.165) is 32.0 Å². The maximum atomic E-state index is 12.5. The number of carbonyl (C=O) groups is 2. The number of carboxylic acids is 1. The molecule has 2 atom stereocenters. The molecule has 1 aromatic carbocycles. The van der Waals surface area contributed by atoms with Crippen LogP contribution in [0.1, 0.15) is 17.3 Å². The number of ether oxygens (including phenoxy) is 1. The van der Waals surface area contributed by atoms with Crippen molar-refractivity contribution < 1.29 is 19.4 Å². The lowest BCUT2D eigenvalue weighted by atomic mass is 9.99. The molecule has 0 aliphatic carbocycles. The summed E-state index contributed by atoms with van der Waals surface area (Å²) in [5, 5.41) is 9.18. The topological polar surface area (TPSA) is 70.1 Å². The first-order chi connectivity index (χ1) is 11.1. The van der Waals surface area contributed by atoms with Crippen molar-refractivity contribution >= 4 is 17.6 Å². The molecule has 2 aliphatic heterocycles. The second-order valence-corrected chi connectivity index (χ2v) is 6.28. The zero-order valence-electron chi connectivity index (χ0n) is 13.3. The highest BCUT2D eigenvalue weighted by Gasteiger charge is 2.37. The molecule has 2 aliphatic rings. The van der Waals surface area contributed by atoms with E-state index >= 15 is 0 Å². The van der Waals surface area contributed by atoms with E-state index in [2.05, 4.69) is 4.90 Å². The molecule has 1 aromatic rings. The predicted octanol–water partition coefficient (Wildman–Crippen LogP) is 1.32. The van der Waals surface area contributed by atoms with Crippen LogP contribution < -0.4 is 4.90 Å². The summed E-state index contributed by atoms with van der Waals surface area (Å²) in [4.78, 5) is 27.6. The molecule has 1 N–H and O–H groups in total. The van der Waals surface area contributed by atoms with Gasteiger partial charge in [0.25, 0.3) is 5.91 Å². The third kappa shape index (κ3) is 3.32. The number of nitrogens with zero attached hydrogens (tertiary/aromatic N) is 2. The molecule has 2 saturated heterocycles. The normalized spacial score (nSPS) is 24.7. The number of carbonyl (C=O) groups excluding carboxylic acids is 1. The van der Waals surface area contributed by atoms with Crippen molar-refractivity contribution in [3.05, 3.63) is 29.8 Å². The van der Waals surface area contributed by atoms with Crippen molar-refractivity contribution in [3.63, 3.8) is 0 Å². The number of benzene rings is 1. The molecule has 1 amide bonds. The van der Waals surface area contributed by atoms with Crippen LogP contribution in [-0.2, 0) is 9.53 Å². The molecule has 2 fully saturated rings. The van der Waals surface area contributed by atoms with Gasteiger partial charge in [0.15, 0.2) is 0 Å². The van der Waals surface area contributed by atoms with Crippen LogP contribution in [0.5, 0.6) is 0 Å². The molecule has 0 spiro atoms. The smallest absolute Gasteiger partial charge is 0.308 e. The molecule has 0 saturated carbocycles. The van der Waals surface area contributed by atoms with Crippen LogP contribution in [-0.4, -0.2) is 61.3 Å². The molecular weight excluding hydrogens is 296 g/mol. The largest absolute Gasteiger partial charge is 0.481 e. The fourth-order valence-electron chi connectivity index (χ4n) is 3.27. The molecule has 0 bridgehead atoms. The zero-order valence-corrected chi connectivity index (χ0v) is 13.3. The lowest BCUT2D eigenvalue weighted by molar-refractivity contribution is -0.142. The van der Waals surface area contributed by atoms with Crippen molar-refractivity contribution in [2.45, 2.75) is 6.92 Å². The van der Waals surface area contributed by atoms with Gasteiger partial charge in [0.1, 0.15) is 0 Å². The highest BCUT2D eigenvalue weighted by atomic mass is 16.5. The van der Waals surface area contributed by atoms with Crippen molar-refractivity contribution in [1.82, 2.24) is 4.90 Å². The summed E-state index contributed by atoms with van der Waals surface area (Å²) in [7, 11) is 0. The van der Waals surface area contributed by atoms with Gasteiger partial charge in [-0.3, -0.25) is 9.59 Å². The van der Waals surface area contributed by atoms with E-state index in [9.17, 15) is 14.7 Å². The second kappa shape index (κ2) is 6.58. The van der Waals surface area contributed by atoms with E-state index in [1.54, 1.807) is 4.90 Å². The first-order valence-corrected chi connectivity index (χ1v) is 8.01. The van der Waals surface area contributed by atoms with Gasteiger partial charge in [-0.15, -0.1) is 0 Å². The lowest BCUT2D eigenvalue weighted by Crippen LogP contribution is -2.36. The van der Waals surface area contributed by atoms with Gasteiger partial charge in [-0.25, -0.2) is 0 Å². The fraction of sp³-hybridized carbons (Fsp3) is 0.529. The predicted molar refractivity (Wildman–Crippen MR) is 85.7 cm³/mol. The van der Waals surface area contributed by atoms with E-state index in [0.29, 0.717) is 18.7 Å². The Balaban J connectivity index is 1.67. The van der Waals surface area contributed by atoms with E-state index in [1.165, 1.54) is 0 Å². The number of hydrogen-bond acceptors (Lipinski definition) is 4. The van der Waals surface area contributed by atoms with E-state index < -0.39 is 11.9 Å². The van der Waals surface area contributed by atoms with Gasteiger partial charge >= 0.3 is 5.97 Å². The minimum atomic E-state index is -0.824. The molecule has 2 heterocycles. The number of aliphatic carboxylic acids is 1. The van der Waals surface area contributed by atoms with Crippen molar-refractivity contribution in [3.8, 4) is 0 Å². The number of carboxylic acid groups (broad SMARTS) is 1. The Morgan fingerprint density at radius 2 is 1.78 bits per heavy atom. The van der Waals surface area contributed by atoms with Crippen LogP contribution in [0, 0.1) is 11.8 Å². The SMILES string of the molecule is C[C@@H]1CN(C(=O)c2ccc(N3CCOCC3)cc2)C[C@H]1C(=O)O. The Morgan fingerprint density at radius 3 is 2.35 bits per heavy atom. The maximum absolute atomic E-state index is 12.5. The van der Waals surface area contributed by atoms with Crippen LogP contribution in [0.2, 0.25) is 0 Å². The van der Waals surface area contributed by atoms with Crippen LogP contribution in [0.3, 0.4) is 0 Å². The van der Waals surface area contributed by atoms with Gasteiger partial charge in [-0.1, -0.05) is 6.92 Å². The highest BCUT2D eigenvalue weighted by Crippen LogP contribution is 2.25. The molecular formula is C17H22N2O4. The molecule has 124 valence electrons. The number of hydrogen-bond donors (Lipinski definition) is 1. The van der Waals surface area contributed by atoms with Crippen LogP contribution >= 0.6 is 0 Å². The standard InChI is InChI=1S/C17H22N2O4/c1-12-10-19(11-15(12)17(21)22)16(20)13-2-4-14(5-3-13)18-6-8-23-9-7-18/h2-5,12,15H,6-11H2,1H3,(H,21,22)/t12-,15-/m1/s1. The third-order valence-electron chi connectivity index (χ3n) is 4.71. The molecule has 23 heavy (non-hydrogen) atoms. The fourth-order valence-corrected chi connectivity index (χ4v) is 3.27. The third-order valence-corrected chi connectivity index (χ3v) is 4.71. The quantitative estimate of drug-likeness (QED) is 0.910. The van der Waals surface area contributed by atoms with Gasteiger partial charge in [0.2, 0.25) is 0 Å². The average Bonchev–Trinajstić information content (AvgIpc) is 2.97. The van der Waals surface area contributed by atoms with Gasteiger partial charge in [0.05, 0.1) is 19.1 Å². The van der Waals surface area contributed by atoms with E-state index in [4.69, 9.17) is 4.74 Å². The summed E-state index contributed by atoms with van der Waals surface area (Å²) in [5.41, 5.74) is 1.70. The van der Waals surface area contributed by atoms with Crippen LogP contribution in [0.4, 0.5) is 5.69 Å². The Hall–Kier alpha value is -2.08.